The number of aromatic amines is 1. The maximum absolute atomic E-state index is 10.3. The van der Waals surface area contributed by atoms with Crippen LogP contribution in [0.4, 0.5) is 5.82 Å². The molecule has 0 spiro atoms. The van der Waals surface area contributed by atoms with E-state index in [1.54, 1.807) is 0 Å². The Kier molecular flexibility index (Phi) is 5.40. The second-order valence-electron chi connectivity index (χ2n) is 6.25. The van der Waals surface area contributed by atoms with E-state index in [0.717, 1.165) is 42.0 Å². The summed E-state index contributed by atoms with van der Waals surface area (Å²) in [7, 11) is 0. The van der Waals surface area contributed by atoms with Gasteiger partial charge in [0.1, 0.15) is 11.8 Å². The van der Waals surface area contributed by atoms with Crippen molar-refractivity contribution < 1.29 is 5.11 Å². The summed E-state index contributed by atoms with van der Waals surface area (Å²) in [5.74, 6) is 3.08. The van der Waals surface area contributed by atoms with Crippen LogP contribution < -0.4 is 5.73 Å². The highest BCUT2D eigenvalue weighted by molar-refractivity contribution is 7.99. The minimum Gasteiger partial charge on any atom is -0.391 e. The lowest BCUT2D eigenvalue weighted by Gasteiger charge is -2.14. The van der Waals surface area contributed by atoms with Crippen molar-refractivity contribution in [3.63, 3.8) is 0 Å². The second-order valence-corrected chi connectivity index (χ2v) is 7.40. The molecule has 126 valence electrons. The quantitative estimate of drug-likeness (QED) is 0.669. The fourth-order valence-electron chi connectivity index (χ4n) is 3.09. The zero-order valence-corrected chi connectivity index (χ0v) is 14.4. The molecular weight excluding hydrogens is 310 g/mol. The van der Waals surface area contributed by atoms with E-state index in [1.165, 1.54) is 24.9 Å². The number of aliphatic hydroxyl groups excluding tert-OH is 1. The SMILES string of the molecule is CCCCSCC1CN(Cc2c[nH]c3c(N)ncnc23)C[C@H]1O. The maximum Gasteiger partial charge on any atom is 0.151 e. The average molecular weight is 335 g/mol. The Bertz CT molecular complexity index is 646. The number of hydrogen-bond acceptors (Lipinski definition) is 6. The normalized spacial score (nSPS) is 22.2. The molecule has 0 aromatic carbocycles. The van der Waals surface area contributed by atoms with Gasteiger partial charge in [0, 0.05) is 37.3 Å². The van der Waals surface area contributed by atoms with Gasteiger partial charge in [-0.1, -0.05) is 13.3 Å². The molecule has 4 N–H and O–H groups in total. The largest absolute Gasteiger partial charge is 0.391 e. The van der Waals surface area contributed by atoms with Crippen molar-refractivity contribution in [2.24, 2.45) is 5.92 Å². The molecular formula is C16H25N5OS. The number of thioether (sulfide) groups is 1. The van der Waals surface area contributed by atoms with Crippen LogP contribution in [0.25, 0.3) is 11.0 Å². The molecule has 23 heavy (non-hydrogen) atoms. The Morgan fingerprint density at radius 3 is 3.13 bits per heavy atom. The molecule has 1 saturated heterocycles. The molecule has 1 fully saturated rings. The van der Waals surface area contributed by atoms with Gasteiger partial charge in [-0.05, 0) is 17.9 Å². The van der Waals surface area contributed by atoms with Crippen LogP contribution in [0.15, 0.2) is 12.5 Å². The third-order valence-corrected chi connectivity index (χ3v) is 5.66. The van der Waals surface area contributed by atoms with Crippen LogP contribution in [-0.4, -0.2) is 55.7 Å². The van der Waals surface area contributed by atoms with Crippen molar-refractivity contribution in [2.75, 3.05) is 30.3 Å². The lowest BCUT2D eigenvalue weighted by molar-refractivity contribution is 0.149. The number of aliphatic hydroxyl groups is 1. The molecule has 0 radical (unpaired) electrons. The Morgan fingerprint density at radius 1 is 1.43 bits per heavy atom. The summed E-state index contributed by atoms with van der Waals surface area (Å²) >= 11 is 1.96. The van der Waals surface area contributed by atoms with E-state index in [-0.39, 0.29) is 6.10 Å². The van der Waals surface area contributed by atoms with Gasteiger partial charge in [-0.2, -0.15) is 11.8 Å². The number of rotatable bonds is 7. The lowest BCUT2D eigenvalue weighted by Crippen LogP contribution is -2.21. The third kappa shape index (κ3) is 3.79. The van der Waals surface area contributed by atoms with E-state index < -0.39 is 0 Å². The van der Waals surface area contributed by atoms with Crippen molar-refractivity contribution in [2.45, 2.75) is 32.4 Å². The number of H-pyrrole nitrogens is 1. The van der Waals surface area contributed by atoms with Crippen LogP contribution in [0.1, 0.15) is 25.3 Å². The van der Waals surface area contributed by atoms with Crippen LogP contribution >= 0.6 is 11.8 Å². The molecule has 0 bridgehead atoms. The molecule has 0 amide bonds. The molecule has 1 unspecified atom stereocenters. The number of anilines is 1. The van der Waals surface area contributed by atoms with Crippen molar-refractivity contribution in [3.05, 3.63) is 18.1 Å². The third-order valence-electron chi connectivity index (χ3n) is 4.42. The first-order chi connectivity index (χ1) is 11.2. The Morgan fingerprint density at radius 2 is 2.30 bits per heavy atom. The summed E-state index contributed by atoms with van der Waals surface area (Å²) in [6.45, 7) is 4.66. The lowest BCUT2D eigenvalue weighted by atomic mass is 10.1. The van der Waals surface area contributed by atoms with Gasteiger partial charge in [0.25, 0.3) is 0 Å². The Labute approximate surface area is 140 Å². The van der Waals surface area contributed by atoms with E-state index in [1.807, 2.05) is 18.0 Å². The van der Waals surface area contributed by atoms with E-state index in [4.69, 9.17) is 5.73 Å². The second kappa shape index (κ2) is 7.51. The zero-order valence-electron chi connectivity index (χ0n) is 13.5. The van der Waals surface area contributed by atoms with Gasteiger partial charge in [0.05, 0.1) is 11.6 Å². The van der Waals surface area contributed by atoms with Gasteiger partial charge in [-0.25, -0.2) is 9.97 Å². The highest BCUT2D eigenvalue weighted by Gasteiger charge is 2.31. The number of likely N-dealkylation sites (tertiary alicyclic amines) is 1. The van der Waals surface area contributed by atoms with Crippen LogP contribution in [0.5, 0.6) is 0 Å². The van der Waals surface area contributed by atoms with Crippen LogP contribution in [0.3, 0.4) is 0 Å². The van der Waals surface area contributed by atoms with Gasteiger partial charge in [0.2, 0.25) is 0 Å². The van der Waals surface area contributed by atoms with E-state index in [2.05, 4.69) is 26.8 Å². The Hall–Kier alpha value is -1.31. The summed E-state index contributed by atoms with van der Waals surface area (Å²) < 4.78 is 0. The first-order valence-corrected chi connectivity index (χ1v) is 9.39. The van der Waals surface area contributed by atoms with Crippen molar-refractivity contribution in [1.29, 1.82) is 0 Å². The molecule has 3 rings (SSSR count). The van der Waals surface area contributed by atoms with Crippen LogP contribution in [0.2, 0.25) is 0 Å². The standard InChI is InChI=1S/C16H25N5OS/c1-2-3-4-23-9-12-7-21(8-13(12)22)6-11-5-18-15-14(11)19-10-20-16(15)17/h5,10,12-13,18,22H,2-4,6-9H2,1H3,(H2,17,19,20)/t12?,13-/m1/s1. The van der Waals surface area contributed by atoms with Gasteiger partial charge in [-0.15, -0.1) is 0 Å². The van der Waals surface area contributed by atoms with E-state index in [0.29, 0.717) is 11.7 Å². The number of β-amino-alcohol motifs (C(OH)–C–C–N with tert-alkyl or cyclic N) is 1. The summed E-state index contributed by atoms with van der Waals surface area (Å²) in [6, 6.07) is 0. The molecule has 2 aromatic rings. The molecule has 7 heteroatoms. The maximum atomic E-state index is 10.3. The number of nitrogen functional groups attached to an aromatic ring is 1. The predicted molar refractivity (Wildman–Crippen MR) is 95.3 cm³/mol. The number of nitrogens with one attached hydrogen (secondary N) is 1. The minimum atomic E-state index is -0.228. The van der Waals surface area contributed by atoms with Gasteiger partial charge in [0.15, 0.2) is 5.82 Å². The minimum absolute atomic E-state index is 0.228. The molecule has 1 aliphatic rings. The highest BCUT2D eigenvalue weighted by Crippen LogP contribution is 2.26. The zero-order chi connectivity index (χ0) is 16.2. The summed E-state index contributed by atoms with van der Waals surface area (Å²) in [5, 5.41) is 10.3. The summed E-state index contributed by atoms with van der Waals surface area (Å²) in [5.41, 5.74) is 8.66. The van der Waals surface area contributed by atoms with Crippen molar-refractivity contribution in [1.82, 2.24) is 19.9 Å². The molecule has 2 aromatic heterocycles. The summed E-state index contributed by atoms with van der Waals surface area (Å²) in [6.07, 6.45) is 5.71. The van der Waals surface area contributed by atoms with Crippen LogP contribution in [-0.2, 0) is 6.54 Å². The molecule has 2 atom stereocenters. The molecule has 3 heterocycles. The number of nitrogens with zero attached hydrogens (tertiary/aromatic N) is 3. The number of hydrogen-bond donors (Lipinski definition) is 3. The fourth-order valence-corrected chi connectivity index (χ4v) is 4.38. The smallest absolute Gasteiger partial charge is 0.151 e. The first-order valence-electron chi connectivity index (χ1n) is 8.23. The Balaban J connectivity index is 1.59. The van der Waals surface area contributed by atoms with Crippen molar-refractivity contribution >= 4 is 28.6 Å². The highest BCUT2D eigenvalue weighted by atomic mass is 32.2. The summed E-state index contributed by atoms with van der Waals surface area (Å²) in [4.78, 5) is 13.8. The van der Waals surface area contributed by atoms with E-state index >= 15 is 0 Å². The fraction of sp³-hybridized carbons (Fsp3) is 0.625. The molecule has 0 aliphatic carbocycles. The van der Waals surface area contributed by atoms with Gasteiger partial charge >= 0.3 is 0 Å². The van der Waals surface area contributed by atoms with E-state index in [9.17, 15) is 5.11 Å². The monoisotopic (exact) mass is 335 g/mol. The molecule has 0 saturated carbocycles. The van der Waals surface area contributed by atoms with Gasteiger partial charge < -0.3 is 15.8 Å². The number of unbranched alkanes of at least 4 members (excludes halogenated alkanes) is 1. The van der Waals surface area contributed by atoms with Gasteiger partial charge in [-0.3, -0.25) is 4.90 Å². The predicted octanol–water partition coefficient (Wildman–Crippen LogP) is 1.87. The topological polar surface area (TPSA) is 91.1 Å². The first kappa shape index (κ1) is 16.5. The number of nitrogens with two attached hydrogens (primary N) is 1. The number of aromatic nitrogens is 3. The molecule has 6 nitrogen and oxygen atoms in total. The number of fused-ring (bicyclic) bond motifs is 1. The average Bonchev–Trinajstić information content (AvgIpc) is 3.09. The molecule has 1 aliphatic heterocycles. The van der Waals surface area contributed by atoms with Crippen LogP contribution in [0, 0.1) is 5.92 Å². The van der Waals surface area contributed by atoms with Crippen molar-refractivity contribution in [3.8, 4) is 0 Å².